The summed E-state index contributed by atoms with van der Waals surface area (Å²) in [5.74, 6) is -3.70. The van der Waals surface area contributed by atoms with Gasteiger partial charge in [-0.2, -0.15) is 4.39 Å². The van der Waals surface area contributed by atoms with E-state index in [1.807, 2.05) is 0 Å². The lowest BCUT2D eigenvalue weighted by atomic mass is 10.1. The monoisotopic (exact) mass is 233 g/mol. The molecule has 1 rings (SSSR count). The van der Waals surface area contributed by atoms with Crippen molar-refractivity contribution in [2.75, 3.05) is 7.11 Å². The van der Waals surface area contributed by atoms with E-state index in [1.54, 1.807) is 0 Å². The third kappa shape index (κ3) is 2.50. The minimum atomic E-state index is -1.88. The fourth-order valence-corrected chi connectivity index (χ4v) is 1.03. The summed E-state index contributed by atoms with van der Waals surface area (Å²) in [5, 5.41) is 18.7. The molecule has 2 N–H and O–H groups in total. The van der Waals surface area contributed by atoms with Gasteiger partial charge in [-0.05, 0) is 6.07 Å². The second kappa shape index (κ2) is 4.95. The Labute approximate surface area is 89.3 Å². The molecule has 1 heterocycles. The molecule has 0 saturated heterocycles. The summed E-state index contributed by atoms with van der Waals surface area (Å²) in [6.07, 6.45) is -2.79. The smallest absolute Gasteiger partial charge is 0.337 e. The molecule has 5 nitrogen and oxygen atoms in total. The highest BCUT2D eigenvalue weighted by Crippen LogP contribution is 2.18. The van der Waals surface area contributed by atoms with E-state index in [-0.39, 0.29) is 5.56 Å². The third-order valence-electron chi connectivity index (χ3n) is 1.90. The number of aromatic nitrogens is 1. The van der Waals surface area contributed by atoms with Crippen LogP contribution in [0.5, 0.6) is 0 Å². The molecular weight excluding hydrogens is 224 g/mol. The Morgan fingerprint density at radius 3 is 2.62 bits per heavy atom. The number of carbonyl (C=O) groups excluding carboxylic acids is 1. The quantitative estimate of drug-likeness (QED) is 0.564. The van der Waals surface area contributed by atoms with Crippen LogP contribution in [0.4, 0.5) is 8.78 Å². The van der Waals surface area contributed by atoms with Crippen molar-refractivity contribution in [3.8, 4) is 0 Å². The molecule has 0 spiro atoms. The van der Waals surface area contributed by atoms with Crippen LogP contribution in [-0.4, -0.2) is 34.4 Å². The predicted octanol–water partition coefficient (Wildman–Crippen LogP) is -0.0729. The number of pyridine rings is 1. The summed E-state index contributed by atoms with van der Waals surface area (Å²) in [7, 11) is 1.02. The van der Waals surface area contributed by atoms with E-state index in [0.717, 1.165) is 13.3 Å². The van der Waals surface area contributed by atoms with Crippen molar-refractivity contribution < 1.29 is 28.5 Å². The molecule has 1 aromatic rings. The first-order valence-electron chi connectivity index (χ1n) is 4.22. The molecular formula is C9H9F2NO4. The summed E-state index contributed by atoms with van der Waals surface area (Å²) in [4.78, 5) is 13.9. The molecule has 0 aliphatic heterocycles. The summed E-state index contributed by atoms with van der Waals surface area (Å²) < 4.78 is 29.4. The van der Waals surface area contributed by atoms with Crippen molar-refractivity contribution in [1.82, 2.24) is 4.98 Å². The molecule has 0 bridgehead atoms. The van der Waals surface area contributed by atoms with Gasteiger partial charge in [-0.3, -0.25) is 0 Å². The molecule has 2 unspecified atom stereocenters. The van der Waals surface area contributed by atoms with Crippen molar-refractivity contribution in [3.05, 3.63) is 29.6 Å². The van der Waals surface area contributed by atoms with E-state index in [2.05, 4.69) is 9.72 Å². The van der Waals surface area contributed by atoms with Crippen molar-refractivity contribution in [2.45, 2.75) is 12.2 Å². The van der Waals surface area contributed by atoms with E-state index < -0.39 is 29.9 Å². The Hall–Kier alpha value is -1.60. The fraction of sp³-hybridized carbons (Fsp3) is 0.333. The normalized spacial score (nSPS) is 14.3. The van der Waals surface area contributed by atoms with Gasteiger partial charge in [0.05, 0.1) is 7.11 Å². The van der Waals surface area contributed by atoms with Gasteiger partial charge in [-0.15, -0.1) is 0 Å². The molecule has 0 saturated carbocycles. The minimum Gasteiger partial charge on any atom is -0.467 e. The van der Waals surface area contributed by atoms with Gasteiger partial charge in [0.15, 0.2) is 11.9 Å². The Kier molecular flexibility index (Phi) is 3.86. The maximum absolute atomic E-state index is 12.7. The highest BCUT2D eigenvalue weighted by Gasteiger charge is 2.27. The fourth-order valence-electron chi connectivity index (χ4n) is 1.03. The molecule has 0 fully saturated rings. The Bertz CT molecular complexity index is 399. The SMILES string of the molecule is COC(=O)C(O)C(O)c1cnc(F)c(F)c1. The second-order valence-electron chi connectivity index (χ2n) is 2.95. The number of rotatable bonds is 3. The van der Waals surface area contributed by atoms with Crippen LogP contribution in [0.25, 0.3) is 0 Å². The van der Waals surface area contributed by atoms with Crippen molar-refractivity contribution in [3.63, 3.8) is 0 Å². The number of carbonyl (C=O) groups is 1. The molecule has 1 aromatic heterocycles. The molecule has 0 aromatic carbocycles. The van der Waals surface area contributed by atoms with Crippen LogP contribution >= 0.6 is 0 Å². The minimum absolute atomic E-state index is 0.225. The number of hydrogen-bond acceptors (Lipinski definition) is 5. The van der Waals surface area contributed by atoms with Crippen molar-refractivity contribution in [2.24, 2.45) is 0 Å². The zero-order valence-corrected chi connectivity index (χ0v) is 8.22. The Balaban J connectivity index is 2.91. The van der Waals surface area contributed by atoms with Crippen molar-refractivity contribution in [1.29, 1.82) is 0 Å². The third-order valence-corrected chi connectivity index (χ3v) is 1.90. The van der Waals surface area contributed by atoms with Crippen LogP contribution in [0, 0.1) is 11.8 Å². The first-order chi connectivity index (χ1) is 7.47. The summed E-state index contributed by atoms with van der Waals surface area (Å²) in [6.45, 7) is 0. The second-order valence-corrected chi connectivity index (χ2v) is 2.95. The molecule has 0 aliphatic rings. The van der Waals surface area contributed by atoms with Crippen LogP contribution in [0.2, 0.25) is 0 Å². The summed E-state index contributed by atoms with van der Waals surface area (Å²) in [6, 6.07) is 0.638. The summed E-state index contributed by atoms with van der Waals surface area (Å²) >= 11 is 0. The molecule has 0 radical (unpaired) electrons. The zero-order chi connectivity index (χ0) is 12.3. The number of esters is 1. The maximum Gasteiger partial charge on any atom is 0.337 e. The molecule has 88 valence electrons. The first-order valence-corrected chi connectivity index (χ1v) is 4.22. The van der Waals surface area contributed by atoms with Crippen LogP contribution in [0.1, 0.15) is 11.7 Å². The predicted molar refractivity (Wildman–Crippen MR) is 47.1 cm³/mol. The van der Waals surface area contributed by atoms with E-state index in [0.29, 0.717) is 6.07 Å². The molecule has 16 heavy (non-hydrogen) atoms. The average molecular weight is 233 g/mol. The van der Waals surface area contributed by atoms with E-state index in [4.69, 9.17) is 0 Å². The zero-order valence-electron chi connectivity index (χ0n) is 8.22. The maximum atomic E-state index is 12.7. The number of ether oxygens (including phenoxy) is 1. The standard InChI is InChI=1S/C9H9F2NO4/c1-16-9(15)7(14)6(13)4-2-5(10)8(11)12-3-4/h2-3,6-7,13-14H,1H3. The molecule has 0 aliphatic carbocycles. The molecule has 0 amide bonds. The highest BCUT2D eigenvalue weighted by molar-refractivity contribution is 5.75. The number of hydrogen-bond donors (Lipinski definition) is 2. The average Bonchev–Trinajstić information content (AvgIpc) is 2.29. The van der Waals surface area contributed by atoms with Gasteiger partial charge in [0, 0.05) is 11.8 Å². The van der Waals surface area contributed by atoms with Gasteiger partial charge in [0.2, 0.25) is 5.95 Å². The lowest BCUT2D eigenvalue weighted by Gasteiger charge is -2.15. The highest BCUT2D eigenvalue weighted by atomic mass is 19.2. The number of halogens is 2. The lowest BCUT2D eigenvalue weighted by Crippen LogP contribution is -2.29. The van der Waals surface area contributed by atoms with Gasteiger partial charge >= 0.3 is 5.97 Å². The van der Waals surface area contributed by atoms with Gasteiger partial charge in [0.1, 0.15) is 6.10 Å². The summed E-state index contributed by atoms with van der Waals surface area (Å²) in [5.41, 5.74) is -0.225. The number of aliphatic hydroxyl groups excluding tert-OH is 2. The van der Waals surface area contributed by atoms with Crippen LogP contribution < -0.4 is 0 Å². The molecule has 7 heteroatoms. The van der Waals surface area contributed by atoms with Gasteiger partial charge in [-0.1, -0.05) is 0 Å². The van der Waals surface area contributed by atoms with E-state index in [1.165, 1.54) is 0 Å². The number of aliphatic hydroxyl groups is 2. The van der Waals surface area contributed by atoms with Crippen molar-refractivity contribution >= 4 is 5.97 Å². The Morgan fingerprint density at radius 1 is 1.50 bits per heavy atom. The largest absolute Gasteiger partial charge is 0.467 e. The van der Waals surface area contributed by atoms with Crippen LogP contribution in [0.3, 0.4) is 0 Å². The van der Waals surface area contributed by atoms with Gasteiger partial charge < -0.3 is 14.9 Å². The van der Waals surface area contributed by atoms with Gasteiger partial charge in [0.25, 0.3) is 0 Å². The van der Waals surface area contributed by atoms with E-state index >= 15 is 0 Å². The number of methoxy groups -OCH3 is 1. The van der Waals surface area contributed by atoms with Crippen LogP contribution in [0.15, 0.2) is 12.3 Å². The Morgan fingerprint density at radius 2 is 2.12 bits per heavy atom. The first kappa shape index (κ1) is 12.5. The lowest BCUT2D eigenvalue weighted by molar-refractivity contribution is -0.156. The van der Waals surface area contributed by atoms with E-state index in [9.17, 15) is 23.8 Å². The van der Waals surface area contributed by atoms with Gasteiger partial charge in [-0.25, -0.2) is 14.2 Å². The molecule has 2 atom stereocenters. The van der Waals surface area contributed by atoms with Crippen LogP contribution in [-0.2, 0) is 9.53 Å². The number of nitrogens with zero attached hydrogens (tertiary/aromatic N) is 1. The topological polar surface area (TPSA) is 79.7 Å².